The van der Waals surface area contributed by atoms with Crippen molar-refractivity contribution in [1.82, 2.24) is 0 Å². The number of hydrogen-bond acceptors (Lipinski definition) is 3. The molecule has 0 radical (unpaired) electrons. The molecule has 9 heteroatoms. The zero-order chi connectivity index (χ0) is 15.8. The van der Waals surface area contributed by atoms with Gasteiger partial charge >= 0.3 is 0 Å². The first-order valence-electron chi connectivity index (χ1n) is 5.43. The van der Waals surface area contributed by atoms with Crippen molar-refractivity contribution in [1.29, 1.82) is 0 Å². The summed E-state index contributed by atoms with van der Waals surface area (Å²) in [5.41, 5.74) is 5.25. The third kappa shape index (κ3) is 3.53. The fourth-order valence-corrected chi connectivity index (χ4v) is 3.81. The number of hydrogen-bond donors (Lipinski definition) is 2. The van der Waals surface area contributed by atoms with Crippen LogP contribution in [0.3, 0.4) is 0 Å². The lowest BCUT2D eigenvalue weighted by Gasteiger charge is -2.12. The van der Waals surface area contributed by atoms with Crippen LogP contribution in [-0.2, 0) is 10.0 Å². The topological polar surface area (TPSA) is 72.2 Å². The Morgan fingerprint density at radius 3 is 2.33 bits per heavy atom. The lowest BCUT2D eigenvalue weighted by atomic mass is 10.3. The van der Waals surface area contributed by atoms with Gasteiger partial charge in [-0.1, -0.05) is 15.9 Å². The second kappa shape index (κ2) is 5.90. The van der Waals surface area contributed by atoms with E-state index in [1.54, 1.807) is 0 Å². The summed E-state index contributed by atoms with van der Waals surface area (Å²) in [5, 5.41) is 0. The molecule has 2 aromatic rings. The summed E-state index contributed by atoms with van der Waals surface area (Å²) in [7, 11) is -4.11. The average molecular weight is 442 g/mol. The number of halogens is 4. The Morgan fingerprint density at radius 2 is 1.76 bits per heavy atom. The van der Waals surface area contributed by atoms with Gasteiger partial charge < -0.3 is 5.73 Å². The normalized spacial score (nSPS) is 11.4. The third-order valence-corrected chi connectivity index (χ3v) is 5.05. The molecule has 112 valence electrons. The molecule has 0 heterocycles. The highest BCUT2D eigenvalue weighted by Crippen LogP contribution is 2.31. The standard InChI is InChI=1S/C12H8Br2F2N2O2S/c13-6-1-2-11(10(17)3-6)21(19,20)18-12-8(14)4-7(15)5-9(12)16/h1-5,18H,17H2. The Labute approximate surface area is 136 Å². The van der Waals surface area contributed by atoms with E-state index in [2.05, 4.69) is 31.9 Å². The fraction of sp³-hybridized carbons (Fsp3) is 0. The zero-order valence-corrected chi connectivity index (χ0v) is 14.2. The molecule has 0 aliphatic rings. The molecule has 21 heavy (non-hydrogen) atoms. The van der Waals surface area contributed by atoms with Gasteiger partial charge in [0.15, 0.2) is 5.82 Å². The molecule has 3 N–H and O–H groups in total. The SMILES string of the molecule is Nc1cc(Br)ccc1S(=O)(=O)Nc1c(F)cc(F)cc1Br. The van der Waals surface area contributed by atoms with Crippen LogP contribution in [0.4, 0.5) is 20.2 Å². The van der Waals surface area contributed by atoms with Crippen LogP contribution in [0.15, 0.2) is 44.2 Å². The summed E-state index contributed by atoms with van der Waals surface area (Å²) in [6, 6.07) is 5.70. The lowest BCUT2D eigenvalue weighted by molar-refractivity contribution is 0.581. The predicted octanol–water partition coefficient (Wildman–Crippen LogP) is 3.87. The first-order chi connectivity index (χ1) is 9.70. The predicted molar refractivity (Wildman–Crippen MR) is 83.4 cm³/mol. The lowest BCUT2D eigenvalue weighted by Crippen LogP contribution is -2.16. The number of nitrogen functional groups attached to an aromatic ring is 1. The van der Waals surface area contributed by atoms with Crippen LogP contribution in [-0.4, -0.2) is 8.42 Å². The van der Waals surface area contributed by atoms with Gasteiger partial charge in [0.2, 0.25) is 0 Å². The highest BCUT2D eigenvalue weighted by molar-refractivity contribution is 9.10. The minimum atomic E-state index is -4.11. The van der Waals surface area contributed by atoms with Crippen LogP contribution >= 0.6 is 31.9 Å². The van der Waals surface area contributed by atoms with Crippen LogP contribution in [0.2, 0.25) is 0 Å². The maximum Gasteiger partial charge on any atom is 0.264 e. The van der Waals surface area contributed by atoms with Crippen molar-refractivity contribution < 1.29 is 17.2 Å². The number of benzene rings is 2. The van der Waals surface area contributed by atoms with Gasteiger partial charge in [-0.3, -0.25) is 4.72 Å². The molecule has 0 amide bonds. The van der Waals surface area contributed by atoms with Crippen LogP contribution in [0.5, 0.6) is 0 Å². The molecule has 2 rings (SSSR count). The van der Waals surface area contributed by atoms with Gasteiger partial charge in [0.05, 0.1) is 11.4 Å². The molecule has 0 saturated carbocycles. The van der Waals surface area contributed by atoms with Crippen molar-refractivity contribution in [2.45, 2.75) is 4.90 Å². The zero-order valence-electron chi connectivity index (χ0n) is 10.2. The van der Waals surface area contributed by atoms with Gasteiger partial charge in [-0.2, -0.15) is 0 Å². The van der Waals surface area contributed by atoms with Gasteiger partial charge in [0.1, 0.15) is 10.7 Å². The van der Waals surface area contributed by atoms with E-state index in [-0.39, 0.29) is 15.1 Å². The molecule has 2 aromatic carbocycles. The van der Waals surface area contributed by atoms with Gasteiger partial charge in [-0.15, -0.1) is 0 Å². The molecule has 0 spiro atoms. The van der Waals surface area contributed by atoms with Crippen LogP contribution < -0.4 is 10.5 Å². The van der Waals surface area contributed by atoms with Crippen molar-refractivity contribution in [2.24, 2.45) is 0 Å². The summed E-state index contributed by atoms with van der Waals surface area (Å²) in [6.45, 7) is 0. The molecule has 0 aliphatic carbocycles. The van der Waals surface area contributed by atoms with E-state index < -0.39 is 27.3 Å². The van der Waals surface area contributed by atoms with E-state index in [9.17, 15) is 17.2 Å². The number of sulfonamides is 1. The maximum atomic E-state index is 13.7. The van der Waals surface area contributed by atoms with Crippen molar-refractivity contribution in [2.75, 3.05) is 10.5 Å². The molecule has 0 aromatic heterocycles. The number of nitrogens with one attached hydrogen (secondary N) is 1. The largest absolute Gasteiger partial charge is 0.398 e. The van der Waals surface area contributed by atoms with Gasteiger partial charge in [-0.25, -0.2) is 17.2 Å². The van der Waals surface area contributed by atoms with Crippen molar-refractivity contribution >= 4 is 53.3 Å². The van der Waals surface area contributed by atoms with Crippen LogP contribution in [0, 0.1) is 11.6 Å². The summed E-state index contributed by atoms with van der Waals surface area (Å²) in [6.07, 6.45) is 0. The second-order valence-corrected chi connectivity index (χ2v) is 7.45. The highest BCUT2D eigenvalue weighted by atomic mass is 79.9. The number of rotatable bonds is 3. The Morgan fingerprint density at radius 1 is 1.10 bits per heavy atom. The fourth-order valence-electron chi connectivity index (χ4n) is 1.59. The number of anilines is 2. The van der Waals surface area contributed by atoms with Crippen molar-refractivity contribution in [3.8, 4) is 0 Å². The van der Waals surface area contributed by atoms with Gasteiger partial charge in [0.25, 0.3) is 10.0 Å². The van der Waals surface area contributed by atoms with Gasteiger partial charge in [0, 0.05) is 15.0 Å². The Hall–Kier alpha value is -1.19. The maximum absolute atomic E-state index is 13.7. The smallest absolute Gasteiger partial charge is 0.264 e. The first-order valence-corrected chi connectivity index (χ1v) is 8.50. The van der Waals surface area contributed by atoms with Crippen molar-refractivity contribution in [3.05, 3.63) is 50.9 Å². The molecule has 4 nitrogen and oxygen atoms in total. The minimum Gasteiger partial charge on any atom is -0.398 e. The molecule has 0 fully saturated rings. The molecule has 0 saturated heterocycles. The second-order valence-electron chi connectivity index (χ2n) is 4.03. The summed E-state index contributed by atoms with van der Waals surface area (Å²) in [5.74, 6) is -1.87. The molecular formula is C12H8Br2F2N2O2S. The van der Waals surface area contributed by atoms with Crippen molar-refractivity contribution in [3.63, 3.8) is 0 Å². The average Bonchev–Trinajstić information content (AvgIpc) is 2.33. The molecule has 0 atom stereocenters. The first kappa shape index (κ1) is 16.2. The summed E-state index contributed by atoms with van der Waals surface area (Å²) >= 11 is 6.06. The Balaban J connectivity index is 2.47. The Kier molecular flexibility index (Phi) is 4.54. The van der Waals surface area contributed by atoms with E-state index in [0.29, 0.717) is 10.5 Å². The van der Waals surface area contributed by atoms with E-state index in [1.807, 2.05) is 4.72 Å². The van der Waals surface area contributed by atoms with E-state index in [1.165, 1.54) is 18.2 Å². The van der Waals surface area contributed by atoms with E-state index in [4.69, 9.17) is 5.73 Å². The monoisotopic (exact) mass is 440 g/mol. The van der Waals surface area contributed by atoms with Crippen LogP contribution in [0.1, 0.15) is 0 Å². The quantitative estimate of drug-likeness (QED) is 0.710. The number of nitrogens with two attached hydrogens (primary N) is 1. The highest BCUT2D eigenvalue weighted by Gasteiger charge is 2.21. The Bertz CT molecular complexity index is 790. The minimum absolute atomic E-state index is 0.00415. The van der Waals surface area contributed by atoms with Crippen LogP contribution in [0.25, 0.3) is 0 Å². The van der Waals surface area contributed by atoms with E-state index >= 15 is 0 Å². The third-order valence-electron chi connectivity index (χ3n) is 2.50. The molecule has 0 bridgehead atoms. The summed E-state index contributed by atoms with van der Waals surface area (Å²) in [4.78, 5) is -0.207. The molecular weight excluding hydrogens is 434 g/mol. The summed E-state index contributed by atoms with van der Waals surface area (Å²) < 4.78 is 53.8. The van der Waals surface area contributed by atoms with Gasteiger partial charge in [-0.05, 0) is 40.2 Å². The molecule has 0 unspecified atom stereocenters. The van der Waals surface area contributed by atoms with E-state index in [0.717, 1.165) is 6.07 Å². The molecule has 0 aliphatic heterocycles.